The highest BCUT2D eigenvalue weighted by Gasteiger charge is 2.17. The molecule has 1 atom stereocenters. The zero-order valence-corrected chi connectivity index (χ0v) is 14.6. The Morgan fingerprint density at radius 2 is 1.84 bits per heavy atom. The molecule has 1 N–H and O–H groups in total. The SMILES string of the molecule is CC(C)CCC[C@H](C)NC(=O)c1ccc(-c2noc(C(F)F)n2)cc1. The lowest BCUT2D eigenvalue weighted by Crippen LogP contribution is -2.32. The molecule has 0 radical (unpaired) electrons. The molecule has 1 heterocycles. The first-order valence-corrected chi connectivity index (χ1v) is 8.40. The number of carbonyl (C=O) groups excluding carboxylic acids is 1. The fourth-order valence-electron chi connectivity index (χ4n) is 2.42. The molecule has 0 spiro atoms. The van der Waals surface area contributed by atoms with Crippen LogP contribution in [0.2, 0.25) is 0 Å². The maximum atomic E-state index is 12.5. The van der Waals surface area contributed by atoms with Crippen LogP contribution in [0.4, 0.5) is 8.78 Å². The molecule has 2 aromatic rings. The third kappa shape index (κ3) is 5.62. The van der Waals surface area contributed by atoms with Gasteiger partial charge < -0.3 is 9.84 Å². The van der Waals surface area contributed by atoms with Crippen LogP contribution in [-0.4, -0.2) is 22.1 Å². The topological polar surface area (TPSA) is 68.0 Å². The van der Waals surface area contributed by atoms with Crippen molar-refractivity contribution in [2.24, 2.45) is 5.92 Å². The summed E-state index contributed by atoms with van der Waals surface area (Å²) < 4.78 is 29.4. The minimum Gasteiger partial charge on any atom is -0.350 e. The fraction of sp³-hybridized carbons (Fsp3) is 0.500. The van der Waals surface area contributed by atoms with Gasteiger partial charge in [-0.05, 0) is 31.4 Å². The molecule has 0 aliphatic carbocycles. The zero-order chi connectivity index (χ0) is 18.4. The molecule has 0 bridgehead atoms. The zero-order valence-electron chi connectivity index (χ0n) is 14.6. The van der Waals surface area contributed by atoms with Gasteiger partial charge >= 0.3 is 6.43 Å². The number of benzene rings is 1. The Balaban J connectivity index is 1.93. The van der Waals surface area contributed by atoms with E-state index in [0.717, 1.165) is 19.3 Å². The minimum atomic E-state index is -2.80. The molecule has 25 heavy (non-hydrogen) atoms. The van der Waals surface area contributed by atoms with E-state index >= 15 is 0 Å². The summed E-state index contributed by atoms with van der Waals surface area (Å²) in [6, 6.07) is 6.54. The Morgan fingerprint density at radius 3 is 2.40 bits per heavy atom. The molecule has 136 valence electrons. The smallest absolute Gasteiger partial charge is 0.315 e. The molecule has 0 aliphatic rings. The van der Waals surface area contributed by atoms with Crippen molar-refractivity contribution in [3.8, 4) is 11.4 Å². The summed E-state index contributed by atoms with van der Waals surface area (Å²) in [5.41, 5.74) is 1.01. The van der Waals surface area contributed by atoms with Crippen molar-refractivity contribution in [3.05, 3.63) is 35.7 Å². The molecule has 0 fully saturated rings. The van der Waals surface area contributed by atoms with Crippen LogP contribution in [0.5, 0.6) is 0 Å². The predicted octanol–water partition coefficient (Wildman–Crippen LogP) is 4.62. The van der Waals surface area contributed by atoms with Gasteiger partial charge in [0.05, 0.1) is 0 Å². The Labute approximate surface area is 145 Å². The molecule has 0 aliphatic heterocycles. The van der Waals surface area contributed by atoms with Gasteiger partial charge in [0.1, 0.15) is 0 Å². The molecular weight excluding hydrogens is 328 g/mol. The average molecular weight is 351 g/mol. The molecule has 5 nitrogen and oxygen atoms in total. The monoisotopic (exact) mass is 351 g/mol. The maximum absolute atomic E-state index is 12.5. The van der Waals surface area contributed by atoms with Gasteiger partial charge in [-0.3, -0.25) is 4.79 Å². The largest absolute Gasteiger partial charge is 0.350 e. The van der Waals surface area contributed by atoms with Crippen molar-refractivity contribution in [1.82, 2.24) is 15.5 Å². The summed E-state index contributed by atoms with van der Waals surface area (Å²) in [7, 11) is 0. The third-order valence-electron chi connectivity index (χ3n) is 3.83. The van der Waals surface area contributed by atoms with Crippen molar-refractivity contribution >= 4 is 5.91 Å². The van der Waals surface area contributed by atoms with Crippen molar-refractivity contribution in [2.75, 3.05) is 0 Å². The van der Waals surface area contributed by atoms with Crippen LogP contribution >= 0.6 is 0 Å². The molecule has 1 aromatic carbocycles. The summed E-state index contributed by atoms with van der Waals surface area (Å²) in [5.74, 6) is -0.146. The lowest BCUT2D eigenvalue weighted by atomic mass is 10.0. The second-order valence-corrected chi connectivity index (χ2v) is 6.53. The number of alkyl halides is 2. The number of nitrogens with one attached hydrogen (secondary N) is 1. The van der Waals surface area contributed by atoms with Gasteiger partial charge in [-0.15, -0.1) is 0 Å². The highest BCUT2D eigenvalue weighted by molar-refractivity contribution is 5.94. The Morgan fingerprint density at radius 1 is 1.16 bits per heavy atom. The molecular formula is C18H23F2N3O2. The van der Waals surface area contributed by atoms with E-state index in [1.807, 2.05) is 6.92 Å². The van der Waals surface area contributed by atoms with E-state index in [1.54, 1.807) is 24.3 Å². The van der Waals surface area contributed by atoms with Gasteiger partial charge in [0, 0.05) is 17.2 Å². The first kappa shape index (κ1) is 19.0. The molecule has 1 amide bonds. The third-order valence-corrected chi connectivity index (χ3v) is 3.83. The van der Waals surface area contributed by atoms with E-state index in [4.69, 9.17) is 0 Å². The van der Waals surface area contributed by atoms with E-state index in [2.05, 4.69) is 33.8 Å². The van der Waals surface area contributed by atoms with Crippen LogP contribution in [0.15, 0.2) is 28.8 Å². The standard InChI is InChI=1S/C18H23F2N3O2/c1-11(2)5-4-6-12(3)21-17(24)14-9-7-13(8-10-14)16-22-18(15(19)20)25-23-16/h7-12,15H,4-6H2,1-3H3,(H,21,24)/t12-/m0/s1. The second-order valence-electron chi connectivity index (χ2n) is 6.53. The second kappa shape index (κ2) is 8.69. The summed E-state index contributed by atoms with van der Waals surface area (Å²) >= 11 is 0. The van der Waals surface area contributed by atoms with Gasteiger partial charge in [-0.2, -0.15) is 13.8 Å². The van der Waals surface area contributed by atoms with Crippen LogP contribution in [0.3, 0.4) is 0 Å². The first-order chi connectivity index (χ1) is 11.9. The number of nitrogens with zero attached hydrogens (tertiary/aromatic N) is 2. The number of rotatable bonds is 8. The lowest BCUT2D eigenvalue weighted by Gasteiger charge is -2.14. The van der Waals surface area contributed by atoms with E-state index in [9.17, 15) is 13.6 Å². The van der Waals surface area contributed by atoms with E-state index in [0.29, 0.717) is 17.0 Å². The minimum absolute atomic E-state index is 0.0734. The average Bonchev–Trinajstić information content (AvgIpc) is 3.05. The number of carbonyl (C=O) groups is 1. The molecule has 1 aromatic heterocycles. The normalized spacial score (nSPS) is 12.6. The van der Waals surface area contributed by atoms with Gasteiger partial charge in [-0.1, -0.05) is 44.0 Å². The number of hydrogen-bond donors (Lipinski definition) is 1. The van der Waals surface area contributed by atoms with Crippen molar-refractivity contribution < 1.29 is 18.1 Å². The number of halogens is 2. The van der Waals surface area contributed by atoms with Gasteiger partial charge in [-0.25, -0.2) is 0 Å². The first-order valence-electron chi connectivity index (χ1n) is 8.40. The molecule has 7 heteroatoms. The highest BCUT2D eigenvalue weighted by atomic mass is 19.3. The predicted molar refractivity (Wildman–Crippen MR) is 90.3 cm³/mol. The Bertz CT molecular complexity index is 684. The van der Waals surface area contributed by atoms with Crippen molar-refractivity contribution in [1.29, 1.82) is 0 Å². The number of aromatic nitrogens is 2. The Kier molecular flexibility index (Phi) is 6.61. The molecule has 0 saturated carbocycles. The van der Waals surface area contributed by atoms with E-state index < -0.39 is 12.3 Å². The molecule has 0 saturated heterocycles. The summed E-state index contributed by atoms with van der Waals surface area (Å²) in [6.07, 6.45) is 0.340. The maximum Gasteiger partial charge on any atom is 0.315 e. The van der Waals surface area contributed by atoms with Crippen LogP contribution in [0, 0.1) is 5.92 Å². The fourth-order valence-corrected chi connectivity index (χ4v) is 2.42. The lowest BCUT2D eigenvalue weighted by molar-refractivity contribution is 0.0937. The van der Waals surface area contributed by atoms with Crippen LogP contribution < -0.4 is 5.32 Å². The molecule has 2 rings (SSSR count). The Hall–Kier alpha value is -2.31. The summed E-state index contributed by atoms with van der Waals surface area (Å²) in [5, 5.41) is 6.47. The van der Waals surface area contributed by atoms with Crippen LogP contribution in [0.25, 0.3) is 11.4 Å². The van der Waals surface area contributed by atoms with Gasteiger partial charge in [0.25, 0.3) is 11.8 Å². The van der Waals surface area contributed by atoms with Crippen LogP contribution in [-0.2, 0) is 0 Å². The highest BCUT2D eigenvalue weighted by Crippen LogP contribution is 2.21. The number of hydrogen-bond acceptors (Lipinski definition) is 4. The van der Waals surface area contributed by atoms with E-state index in [-0.39, 0.29) is 17.8 Å². The van der Waals surface area contributed by atoms with Gasteiger partial charge in [0.15, 0.2) is 0 Å². The van der Waals surface area contributed by atoms with E-state index in [1.165, 1.54) is 0 Å². The summed E-state index contributed by atoms with van der Waals surface area (Å²) in [4.78, 5) is 15.9. The van der Waals surface area contributed by atoms with Crippen LogP contribution in [0.1, 0.15) is 62.7 Å². The quantitative estimate of drug-likeness (QED) is 0.753. The van der Waals surface area contributed by atoms with Crippen molar-refractivity contribution in [3.63, 3.8) is 0 Å². The molecule has 0 unspecified atom stereocenters. The number of amides is 1. The van der Waals surface area contributed by atoms with Gasteiger partial charge in [0.2, 0.25) is 5.82 Å². The van der Waals surface area contributed by atoms with Crippen molar-refractivity contribution in [2.45, 2.75) is 52.5 Å². The summed E-state index contributed by atoms with van der Waals surface area (Å²) in [6.45, 7) is 6.34.